The minimum absolute atomic E-state index is 0.115. The summed E-state index contributed by atoms with van der Waals surface area (Å²) in [5, 5.41) is 0. The lowest BCUT2D eigenvalue weighted by Gasteiger charge is -2.11. The van der Waals surface area contributed by atoms with Crippen LogP contribution in [0.1, 0.15) is 21.5 Å². The van der Waals surface area contributed by atoms with Gasteiger partial charge in [-0.3, -0.25) is 9.78 Å². The van der Waals surface area contributed by atoms with Gasteiger partial charge in [0.1, 0.15) is 11.5 Å². The van der Waals surface area contributed by atoms with Gasteiger partial charge >= 0.3 is 0 Å². The molecule has 0 saturated heterocycles. The monoisotopic (exact) mass is 283 g/mol. The van der Waals surface area contributed by atoms with E-state index in [0.717, 1.165) is 11.1 Å². The number of hydrogen-bond acceptors (Lipinski definition) is 4. The van der Waals surface area contributed by atoms with E-state index in [1.165, 1.54) is 13.2 Å². The molecule has 4 nitrogen and oxygen atoms in total. The van der Waals surface area contributed by atoms with Gasteiger partial charge < -0.3 is 9.47 Å². The summed E-state index contributed by atoms with van der Waals surface area (Å²) in [4.78, 5) is 16.4. The zero-order chi connectivity index (χ0) is 15.2. The maximum atomic E-state index is 12.4. The number of nitrogens with zero attached hydrogens (tertiary/aromatic N) is 1. The number of pyridine rings is 1. The number of rotatable bonds is 5. The summed E-state index contributed by atoms with van der Waals surface area (Å²) < 4.78 is 10.5. The minimum atomic E-state index is -0.115. The van der Waals surface area contributed by atoms with E-state index in [-0.39, 0.29) is 5.78 Å². The van der Waals surface area contributed by atoms with Crippen molar-refractivity contribution >= 4 is 11.9 Å². The number of carbonyl (C=O) groups is 1. The summed E-state index contributed by atoms with van der Waals surface area (Å²) >= 11 is 0. The number of ether oxygens (including phenoxy) is 2. The van der Waals surface area contributed by atoms with Crippen LogP contribution in [0.5, 0.6) is 11.5 Å². The standard InChI is InChI=1S/C17H17NO3/c1-12-9-14(20-2)10-16(21-3)17(12)15(19)7-6-13-5-4-8-18-11-13/h4-11H,1-3H3. The Kier molecular flexibility index (Phi) is 4.72. The van der Waals surface area contributed by atoms with Crippen LogP contribution >= 0.6 is 0 Å². The topological polar surface area (TPSA) is 48.4 Å². The fourth-order valence-corrected chi connectivity index (χ4v) is 2.05. The van der Waals surface area contributed by atoms with Gasteiger partial charge in [0.2, 0.25) is 0 Å². The Labute approximate surface area is 124 Å². The van der Waals surface area contributed by atoms with Crippen molar-refractivity contribution in [1.82, 2.24) is 4.98 Å². The molecule has 0 unspecified atom stereocenters. The number of carbonyl (C=O) groups excluding carboxylic acids is 1. The van der Waals surface area contributed by atoms with Gasteiger partial charge in [-0.25, -0.2) is 0 Å². The third-order valence-corrected chi connectivity index (χ3v) is 3.09. The van der Waals surface area contributed by atoms with E-state index in [2.05, 4.69) is 4.98 Å². The highest BCUT2D eigenvalue weighted by Crippen LogP contribution is 2.29. The molecule has 0 atom stereocenters. The fourth-order valence-electron chi connectivity index (χ4n) is 2.05. The number of allylic oxidation sites excluding steroid dienone is 1. The van der Waals surface area contributed by atoms with Crippen molar-refractivity contribution in [3.8, 4) is 11.5 Å². The Morgan fingerprint density at radius 1 is 1.24 bits per heavy atom. The number of methoxy groups -OCH3 is 2. The van der Waals surface area contributed by atoms with Crippen molar-refractivity contribution in [2.24, 2.45) is 0 Å². The Morgan fingerprint density at radius 3 is 2.67 bits per heavy atom. The smallest absolute Gasteiger partial charge is 0.189 e. The molecule has 0 bridgehead atoms. The van der Waals surface area contributed by atoms with Crippen LogP contribution in [0.2, 0.25) is 0 Å². The van der Waals surface area contributed by atoms with Gasteiger partial charge in [0.05, 0.1) is 19.8 Å². The summed E-state index contributed by atoms with van der Waals surface area (Å²) in [7, 11) is 3.12. The van der Waals surface area contributed by atoms with Crippen LogP contribution in [0, 0.1) is 6.92 Å². The summed E-state index contributed by atoms with van der Waals surface area (Å²) in [6.45, 7) is 1.86. The molecule has 1 aromatic carbocycles. The summed E-state index contributed by atoms with van der Waals surface area (Å²) in [5.74, 6) is 1.06. The van der Waals surface area contributed by atoms with Crippen LogP contribution in [0.4, 0.5) is 0 Å². The van der Waals surface area contributed by atoms with E-state index in [1.54, 1.807) is 31.6 Å². The first kappa shape index (κ1) is 14.8. The Morgan fingerprint density at radius 2 is 2.05 bits per heavy atom. The van der Waals surface area contributed by atoms with Crippen LogP contribution < -0.4 is 9.47 Å². The second kappa shape index (κ2) is 6.70. The van der Waals surface area contributed by atoms with Gasteiger partial charge in [0.25, 0.3) is 0 Å². The largest absolute Gasteiger partial charge is 0.497 e. The van der Waals surface area contributed by atoms with E-state index in [4.69, 9.17) is 9.47 Å². The lowest BCUT2D eigenvalue weighted by molar-refractivity contribution is 0.104. The number of aryl methyl sites for hydroxylation is 1. The molecule has 1 heterocycles. The third kappa shape index (κ3) is 3.48. The molecule has 0 aliphatic carbocycles. The van der Waals surface area contributed by atoms with Crippen LogP contribution in [0.15, 0.2) is 42.7 Å². The number of hydrogen-bond donors (Lipinski definition) is 0. The molecule has 0 aliphatic rings. The second-order valence-corrected chi connectivity index (χ2v) is 4.51. The molecule has 21 heavy (non-hydrogen) atoms. The SMILES string of the molecule is COc1cc(C)c(C(=O)C=Cc2cccnc2)c(OC)c1. The fraction of sp³-hybridized carbons (Fsp3) is 0.176. The molecule has 0 saturated carbocycles. The highest BCUT2D eigenvalue weighted by atomic mass is 16.5. The molecule has 0 spiro atoms. The van der Waals surface area contributed by atoms with Crippen molar-refractivity contribution in [1.29, 1.82) is 0 Å². The van der Waals surface area contributed by atoms with E-state index in [1.807, 2.05) is 25.1 Å². The Balaban J connectivity index is 2.33. The maximum Gasteiger partial charge on any atom is 0.189 e. The molecule has 108 valence electrons. The molecule has 1 aromatic heterocycles. The van der Waals surface area contributed by atoms with Crippen molar-refractivity contribution in [3.63, 3.8) is 0 Å². The highest BCUT2D eigenvalue weighted by Gasteiger charge is 2.14. The van der Waals surface area contributed by atoms with E-state index < -0.39 is 0 Å². The van der Waals surface area contributed by atoms with Gasteiger partial charge in [0, 0.05) is 18.5 Å². The van der Waals surface area contributed by atoms with E-state index >= 15 is 0 Å². The molecule has 0 aliphatic heterocycles. The van der Waals surface area contributed by atoms with E-state index in [9.17, 15) is 4.79 Å². The van der Waals surface area contributed by atoms with Gasteiger partial charge in [0.15, 0.2) is 5.78 Å². The normalized spacial score (nSPS) is 10.6. The number of ketones is 1. The lowest BCUT2D eigenvalue weighted by atomic mass is 10.0. The predicted molar refractivity (Wildman–Crippen MR) is 81.9 cm³/mol. The van der Waals surface area contributed by atoms with Crippen molar-refractivity contribution in [2.45, 2.75) is 6.92 Å². The molecule has 4 heteroatoms. The van der Waals surface area contributed by atoms with Crippen molar-refractivity contribution in [3.05, 3.63) is 59.4 Å². The molecule has 0 N–H and O–H groups in total. The van der Waals surface area contributed by atoms with Crippen LogP contribution in [-0.2, 0) is 0 Å². The molecule has 2 aromatic rings. The minimum Gasteiger partial charge on any atom is -0.497 e. The van der Waals surface area contributed by atoms with Gasteiger partial charge in [-0.15, -0.1) is 0 Å². The lowest BCUT2D eigenvalue weighted by Crippen LogP contribution is -2.03. The van der Waals surface area contributed by atoms with Gasteiger partial charge in [-0.05, 0) is 42.3 Å². The summed E-state index contributed by atoms with van der Waals surface area (Å²) in [5.41, 5.74) is 2.22. The highest BCUT2D eigenvalue weighted by molar-refractivity contribution is 6.09. The number of benzene rings is 1. The molecular weight excluding hydrogens is 266 g/mol. The zero-order valence-corrected chi connectivity index (χ0v) is 12.3. The third-order valence-electron chi connectivity index (χ3n) is 3.09. The predicted octanol–water partition coefficient (Wildman–Crippen LogP) is 3.30. The molecule has 0 radical (unpaired) electrons. The first-order valence-electron chi connectivity index (χ1n) is 6.50. The Hall–Kier alpha value is -2.62. The average molecular weight is 283 g/mol. The van der Waals surface area contributed by atoms with Crippen LogP contribution in [0.3, 0.4) is 0 Å². The van der Waals surface area contributed by atoms with Crippen molar-refractivity contribution in [2.75, 3.05) is 14.2 Å². The molecule has 0 amide bonds. The van der Waals surface area contributed by atoms with E-state index in [0.29, 0.717) is 17.1 Å². The molecule has 2 rings (SSSR count). The zero-order valence-electron chi connectivity index (χ0n) is 12.3. The second-order valence-electron chi connectivity index (χ2n) is 4.51. The summed E-state index contributed by atoms with van der Waals surface area (Å²) in [6.07, 6.45) is 6.64. The van der Waals surface area contributed by atoms with Gasteiger partial charge in [-0.1, -0.05) is 6.07 Å². The average Bonchev–Trinajstić information content (AvgIpc) is 2.52. The first-order valence-corrected chi connectivity index (χ1v) is 6.50. The summed E-state index contributed by atoms with van der Waals surface area (Å²) in [6, 6.07) is 7.23. The van der Waals surface area contributed by atoms with Gasteiger partial charge in [-0.2, -0.15) is 0 Å². The first-order chi connectivity index (χ1) is 10.2. The van der Waals surface area contributed by atoms with Crippen molar-refractivity contribution < 1.29 is 14.3 Å². The quantitative estimate of drug-likeness (QED) is 0.624. The van der Waals surface area contributed by atoms with Crippen LogP contribution in [-0.4, -0.2) is 25.0 Å². The number of aromatic nitrogens is 1. The molecular formula is C17H17NO3. The Bertz CT molecular complexity index is 663. The molecule has 0 fully saturated rings. The van der Waals surface area contributed by atoms with Crippen LogP contribution in [0.25, 0.3) is 6.08 Å². The maximum absolute atomic E-state index is 12.4.